The lowest BCUT2D eigenvalue weighted by Gasteiger charge is -2.50. The van der Waals surface area contributed by atoms with Gasteiger partial charge in [-0.15, -0.1) is 0 Å². The van der Waals surface area contributed by atoms with Crippen LogP contribution in [0.15, 0.2) is 54.6 Å². The van der Waals surface area contributed by atoms with Gasteiger partial charge in [0.2, 0.25) is 23.6 Å². The van der Waals surface area contributed by atoms with E-state index in [4.69, 9.17) is 23.2 Å². The Morgan fingerprint density at radius 2 is 1.62 bits per heavy atom. The highest BCUT2D eigenvalue weighted by Gasteiger charge is 2.74. The van der Waals surface area contributed by atoms with Crippen molar-refractivity contribution < 1.29 is 33.2 Å². The maximum Gasteiger partial charge on any atom is 0.255 e. The number of amides is 5. The standard InChI is InChI=1S/C52H54Cl2FN5O6/c1-58-46(44(36-9-6-10-39(54)45(36)55)52(51(58)23-3-2-4-24-51)38-18-17-34(53)28-40(38)56-50(52)66)42(61)27-31-12-15-33(16-13-31)48(64)59-25-21-30(22-26-59)11-14-32-7-5-8-35-37(32)29-60(49(35)65)41-19-20-43(62)57-47(41)63/h5-10,17-18,28,30-31,33,41,44,46H,2-4,12-13,15-16,19-27,29H2,1H3,(H,56,66)(H,57,62,63)/t31?,33?,41?,44-,46-,52+/m0/s1. The molecule has 4 atom stereocenters. The summed E-state index contributed by atoms with van der Waals surface area (Å²) >= 11 is 12.9. The topological polar surface area (TPSA) is 136 Å². The summed E-state index contributed by atoms with van der Waals surface area (Å²) < 4.78 is 16.5. The van der Waals surface area contributed by atoms with Gasteiger partial charge in [-0.2, -0.15) is 0 Å². The largest absolute Gasteiger partial charge is 0.342 e. The molecule has 1 unspecified atom stereocenters. The first kappa shape index (κ1) is 44.7. The van der Waals surface area contributed by atoms with E-state index in [-0.39, 0.29) is 77.1 Å². The van der Waals surface area contributed by atoms with Gasteiger partial charge in [0.15, 0.2) is 5.78 Å². The number of carbonyl (C=O) groups is 6. The van der Waals surface area contributed by atoms with Crippen LogP contribution in [0.4, 0.5) is 10.1 Å². The zero-order chi connectivity index (χ0) is 46.1. The number of benzene rings is 3. The SMILES string of the molecule is CN1[C@@H](C(=O)CC2CCC(C(=O)N3CCC(C#Cc4cccc5c4CN(C4CCC(=O)NC4=O)C5=O)CC3)CC2)[C@H](c2cccc(Cl)c2F)[C@]2(C(=O)Nc3cc(Cl)ccc32)C12CCCCC2. The van der Waals surface area contributed by atoms with Crippen molar-refractivity contribution in [2.75, 3.05) is 25.5 Å². The molecule has 2 N–H and O–H groups in total. The number of imide groups is 1. The molecule has 66 heavy (non-hydrogen) atoms. The van der Waals surface area contributed by atoms with Crippen LogP contribution in [0.1, 0.15) is 128 Å². The summed E-state index contributed by atoms with van der Waals surface area (Å²) in [6.07, 6.45) is 9.18. The lowest BCUT2D eigenvalue weighted by Crippen LogP contribution is -2.60. The molecular formula is C52H54Cl2FN5O6. The maximum absolute atomic E-state index is 16.5. The van der Waals surface area contributed by atoms with Gasteiger partial charge in [-0.05, 0) is 118 Å². The number of nitrogens with zero attached hydrogens (tertiary/aromatic N) is 3. The summed E-state index contributed by atoms with van der Waals surface area (Å²) in [5, 5.41) is 5.91. The van der Waals surface area contributed by atoms with Crippen LogP contribution in [0.2, 0.25) is 10.0 Å². The van der Waals surface area contributed by atoms with Crippen LogP contribution >= 0.6 is 23.2 Å². The minimum absolute atomic E-state index is 0.0180. The van der Waals surface area contributed by atoms with E-state index in [0.717, 1.165) is 61.6 Å². The van der Waals surface area contributed by atoms with Gasteiger partial charge in [0.05, 0.1) is 11.1 Å². The van der Waals surface area contributed by atoms with Crippen molar-refractivity contribution in [1.82, 2.24) is 20.0 Å². The van der Waals surface area contributed by atoms with E-state index in [9.17, 15) is 24.0 Å². The summed E-state index contributed by atoms with van der Waals surface area (Å²) in [6, 6.07) is 14.3. The Morgan fingerprint density at radius 1 is 0.879 bits per heavy atom. The molecule has 3 aromatic carbocycles. The van der Waals surface area contributed by atoms with E-state index < -0.39 is 40.7 Å². The monoisotopic (exact) mass is 933 g/mol. The van der Waals surface area contributed by atoms with Crippen molar-refractivity contribution >= 4 is 64.2 Å². The highest BCUT2D eigenvalue weighted by molar-refractivity contribution is 6.31. The summed E-state index contributed by atoms with van der Waals surface area (Å²) in [7, 11) is 1.96. The number of anilines is 1. The predicted octanol–water partition coefficient (Wildman–Crippen LogP) is 7.94. The fourth-order valence-corrected chi connectivity index (χ4v) is 13.6. The number of hydrogen-bond donors (Lipinski definition) is 2. The molecule has 5 heterocycles. The number of fused-ring (bicyclic) bond motifs is 4. The van der Waals surface area contributed by atoms with Crippen LogP contribution < -0.4 is 10.6 Å². The molecule has 5 fully saturated rings. The number of piperidine rings is 2. The Balaban J connectivity index is 0.799. The van der Waals surface area contributed by atoms with Crippen LogP contribution in [0.5, 0.6) is 0 Å². The molecule has 14 heteroatoms. The Kier molecular flexibility index (Phi) is 11.9. The first-order valence-electron chi connectivity index (χ1n) is 23.7. The molecule has 2 saturated carbocycles. The van der Waals surface area contributed by atoms with Gasteiger partial charge < -0.3 is 15.1 Å². The molecule has 3 aromatic rings. The van der Waals surface area contributed by atoms with Crippen molar-refractivity contribution in [1.29, 1.82) is 0 Å². The quantitative estimate of drug-likeness (QED) is 0.189. The van der Waals surface area contributed by atoms with Gasteiger partial charge in [-0.3, -0.25) is 39.0 Å². The fourth-order valence-electron chi connectivity index (χ4n) is 13.2. The second-order valence-electron chi connectivity index (χ2n) is 19.7. The van der Waals surface area contributed by atoms with Crippen molar-refractivity contribution in [2.24, 2.45) is 17.8 Å². The number of hydrogen-bond acceptors (Lipinski definition) is 7. The van der Waals surface area contributed by atoms with Crippen LogP contribution in [0.25, 0.3) is 0 Å². The molecule has 3 saturated heterocycles. The first-order valence-corrected chi connectivity index (χ1v) is 24.5. The van der Waals surface area contributed by atoms with Crippen molar-refractivity contribution in [3.05, 3.63) is 98.3 Å². The minimum atomic E-state index is -1.26. The number of likely N-dealkylation sites (N-methyl/N-ethyl adjacent to an activating group) is 1. The molecule has 0 aromatic heterocycles. The number of Topliss-reactive ketones (excluding diaryl/α,β-unsaturated/α-hetero) is 1. The average molecular weight is 935 g/mol. The van der Waals surface area contributed by atoms with Crippen LogP contribution in [-0.4, -0.2) is 87.8 Å². The lowest BCUT2D eigenvalue weighted by atomic mass is 9.55. The number of carbonyl (C=O) groups excluding carboxylic acids is 6. The summed E-state index contributed by atoms with van der Waals surface area (Å²) in [5.41, 5.74) is 1.69. The van der Waals surface area contributed by atoms with Crippen LogP contribution in [0.3, 0.4) is 0 Å². The second-order valence-corrected chi connectivity index (χ2v) is 20.6. The van der Waals surface area contributed by atoms with Gasteiger partial charge >= 0.3 is 0 Å². The molecule has 344 valence electrons. The molecule has 0 bridgehead atoms. The van der Waals surface area contributed by atoms with E-state index >= 15 is 9.18 Å². The Hall–Kier alpha value is -5.09. The minimum Gasteiger partial charge on any atom is -0.342 e. The Bertz CT molecular complexity index is 2610. The molecule has 2 spiro atoms. The van der Waals surface area contributed by atoms with Crippen LogP contribution in [0, 0.1) is 35.4 Å². The first-order chi connectivity index (χ1) is 31.8. The van der Waals surface area contributed by atoms with E-state index in [1.54, 1.807) is 36.4 Å². The highest BCUT2D eigenvalue weighted by atomic mass is 35.5. The van der Waals surface area contributed by atoms with E-state index in [2.05, 4.69) is 27.4 Å². The molecule has 2 aliphatic carbocycles. The Morgan fingerprint density at radius 3 is 2.36 bits per heavy atom. The third-order valence-electron chi connectivity index (χ3n) is 16.4. The molecule has 11 nitrogen and oxygen atoms in total. The summed E-state index contributed by atoms with van der Waals surface area (Å²) in [6.45, 7) is 1.47. The summed E-state index contributed by atoms with van der Waals surface area (Å²) in [4.78, 5) is 87.1. The molecule has 5 amide bonds. The molecule has 7 aliphatic rings. The van der Waals surface area contributed by atoms with E-state index in [1.165, 1.54) is 11.0 Å². The molecule has 0 radical (unpaired) electrons. The highest BCUT2D eigenvalue weighted by Crippen LogP contribution is 2.66. The smallest absolute Gasteiger partial charge is 0.255 e. The zero-order valence-corrected chi connectivity index (χ0v) is 38.6. The number of halogens is 3. The zero-order valence-electron chi connectivity index (χ0n) is 37.1. The lowest BCUT2D eigenvalue weighted by molar-refractivity contribution is -0.138. The third kappa shape index (κ3) is 7.26. The van der Waals surface area contributed by atoms with E-state index in [1.807, 2.05) is 24.1 Å². The van der Waals surface area contributed by atoms with Gasteiger partial charge in [0, 0.05) is 77.6 Å². The van der Waals surface area contributed by atoms with Gasteiger partial charge in [0.1, 0.15) is 17.3 Å². The second kappa shape index (κ2) is 17.5. The van der Waals surface area contributed by atoms with Crippen molar-refractivity contribution in [2.45, 2.75) is 125 Å². The van der Waals surface area contributed by atoms with Crippen LogP contribution in [-0.2, 0) is 35.9 Å². The van der Waals surface area contributed by atoms with Crippen molar-refractivity contribution in [3.63, 3.8) is 0 Å². The molecule has 10 rings (SSSR count). The molecule has 5 aliphatic heterocycles. The van der Waals surface area contributed by atoms with Gasteiger partial charge in [-0.25, -0.2) is 4.39 Å². The normalized spacial score (nSPS) is 28.5. The number of rotatable bonds is 6. The summed E-state index contributed by atoms with van der Waals surface area (Å²) in [5.74, 6) is 4.19. The van der Waals surface area contributed by atoms with E-state index in [0.29, 0.717) is 61.5 Å². The molecular weight excluding hydrogens is 881 g/mol. The average Bonchev–Trinajstić information content (AvgIpc) is 3.88. The maximum atomic E-state index is 16.5. The van der Waals surface area contributed by atoms with Gasteiger partial charge in [-0.1, -0.05) is 78.6 Å². The number of nitrogens with one attached hydrogen (secondary N) is 2. The number of likely N-dealkylation sites (tertiary alicyclic amines) is 2. The van der Waals surface area contributed by atoms with Gasteiger partial charge in [0.25, 0.3) is 5.91 Å². The Labute approximate surface area is 394 Å². The van der Waals surface area contributed by atoms with Crippen molar-refractivity contribution in [3.8, 4) is 11.8 Å². The third-order valence-corrected chi connectivity index (χ3v) is 17.0. The number of ketones is 1. The predicted molar refractivity (Wildman–Crippen MR) is 247 cm³/mol. The fraction of sp³-hybridized carbons (Fsp3) is 0.500.